The molecule has 4 aromatic rings. The molecule has 3 saturated heterocycles. The molecule has 0 radical (unpaired) electrons. The summed E-state index contributed by atoms with van der Waals surface area (Å²) in [5.41, 5.74) is 2.63. The number of pyridine rings is 1. The predicted molar refractivity (Wildman–Crippen MR) is 138 cm³/mol. The third kappa shape index (κ3) is 5.11. The summed E-state index contributed by atoms with van der Waals surface area (Å²) >= 11 is 0. The Morgan fingerprint density at radius 1 is 1.00 bits per heavy atom. The lowest BCUT2D eigenvalue weighted by atomic mass is 9.83. The number of anilines is 1. The molecule has 7 rings (SSSR count). The van der Waals surface area contributed by atoms with Crippen molar-refractivity contribution >= 4 is 11.7 Å². The molecule has 3 aliphatic heterocycles. The molecular weight excluding hydrogens is 466 g/mol. The Bertz CT molecular complexity index is 1320. The first-order chi connectivity index (χ1) is 18.2. The molecule has 2 bridgehead atoms. The number of rotatable bonds is 8. The number of esters is 1. The average Bonchev–Trinajstić information content (AvgIpc) is 3.41. The highest BCUT2D eigenvalue weighted by Gasteiger charge is 2.48. The topological polar surface area (TPSA) is 90.1 Å². The largest absolute Gasteiger partial charge is 0.454 e. The van der Waals surface area contributed by atoms with E-state index in [1.165, 1.54) is 0 Å². The van der Waals surface area contributed by atoms with Crippen molar-refractivity contribution in [1.29, 1.82) is 0 Å². The zero-order chi connectivity index (χ0) is 25.1. The maximum Gasteiger partial charge on any atom is 0.333 e. The minimum atomic E-state index is -0.576. The minimum absolute atomic E-state index is 0.134. The highest BCUT2D eigenvalue weighted by atomic mass is 16.5. The molecule has 8 nitrogen and oxygen atoms in total. The van der Waals surface area contributed by atoms with E-state index in [1.807, 2.05) is 72.8 Å². The van der Waals surface area contributed by atoms with E-state index < -0.39 is 6.04 Å². The summed E-state index contributed by atoms with van der Waals surface area (Å²) < 4.78 is 12.6. The SMILES string of the molecule is O=C(O[C@H]1C[N+]2(Cc3noc(-c4ccncc4)n3)CCC1CC2)[C@H](Nc1ccccc1)c1ccccc1. The van der Waals surface area contributed by atoms with Crippen LogP contribution in [0, 0.1) is 5.92 Å². The molecule has 0 aliphatic carbocycles. The average molecular weight is 497 g/mol. The minimum Gasteiger partial charge on any atom is -0.454 e. The van der Waals surface area contributed by atoms with Crippen molar-refractivity contribution in [3.63, 3.8) is 0 Å². The molecule has 2 aromatic carbocycles. The van der Waals surface area contributed by atoms with Gasteiger partial charge in [0.2, 0.25) is 5.82 Å². The second-order valence-electron chi connectivity index (χ2n) is 10.0. The van der Waals surface area contributed by atoms with Gasteiger partial charge in [0.05, 0.1) is 13.1 Å². The number of hydrogen-bond donors (Lipinski definition) is 1. The summed E-state index contributed by atoms with van der Waals surface area (Å²) in [5, 5.41) is 7.64. The molecule has 2 aromatic heterocycles. The Balaban J connectivity index is 1.17. The number of carbonyl (C=O) groups is 1. The first kappa shape index (κ1) is 23.4. The summed E-state index contributed by atoms with van der Waals surface area (Å²) in [6.07, 6.45) is 5.34. The number of quaternary nitrogens is 1. The number of piperidine rings is 3. The van der Waals surface area contributed by atoms with Crippen molar-refractivity contribution in [2.75, 3.05) is 25.0 Å². The molecule has 5 heterocycles. The van der Waals surface area contributed by atoms with Crippen molar-refractivity contribution in [2.24, 2.45) is 5.92 Å². The van der Waals surface area contributed by atoms with Crippen LogP contribution in [0.4, 0.5) is 5.69 Å². The van der Waals surface area contributed by atoms with Crippen LogP contribution < -0.4 is 5.32 Å². The van der Waals surface area contributed by atoms with E-state index in [9.17, 15) is 4.79 Å². The van der Waals surface area contributed by atoms with E-state index in [1.54, 1.807) is 12.4 Å². The first-order valence-corrected chi connectivity index (χ1v) is 12.8. The van der Waals surface area contributed by atoms with Gasteiger partial charge in [-0.3, -0.25) is 4.98 Å². The lowest BCUT2D eigenvalue weighted by Crippen LogP contribution is -2.64. The van der Waals surface area contributed by atoms with Crippen LogP contribution in [0.25, 0.3) is 11.5 Å². The van der Waals surface area contributed by atoms with Gasteiger partial charge in [-0.2, -0.15) is 4.98 Å². The number of aromatic nitrogens is 3. The van der Waals surface area contributed by atoms with Gasteiger partial charge in [-0.1, -0.05) is 53.7 Å². The standard InChI is InChI=1S/C29H30N5O3/c35-29(27(22-7-3-1-4-8-22)31-24-9-5-2-6-10-24)36-25-19-34(17-13-21(25)14-18-34)20-26-32-28(37-33-26)23-11-15-30-16-12-23/h1-12,15-16,21,25,27,31H,13-14,17-20H2/q+1/t21?,25-,27+,34?/m0/s1. The third-order valence-electron chi connectivity index (χ3n) is 7.63. The molecule has 0 amide bonds. The molecular formula is C29H30N5O3+. The number of fused-ring (bicyclic) bond motifs is 3. The molecule has 0 saturated carbocycles. The highest BCUT2D eigenvalue weighted by molar-refractivity contribution is 5.81. The zero-order valence-corrected chi connectivity index (χ0v) is 20.6. The maximum atomic E-state index is 13.6. The predicted octanol–water partition coefficient (Wildman–Crippen LogP) is 4.64. The summed E-state index contributed by atoms with van der Waals surface area (Å²) in [5.74, 6) is 1.33. The van der Waals surface area contributed by atoms with Gasteiger partial charge in [-0.05, 0) is 29.8 Å². The van der Waals surface area contributed by atoms with Crippen LogP contribution in [0.3, 0.4) is 0 Å². The van der Waals surface area contributed by atoms with Gasteiger partial charge in [0.15, 0.2) is 12.1 Å². The molecule has 188 valence electrons. The van der Waals surface area contributed by atoms with Crippen molar-refractivity contribution in [1.82, 2.24) is 15.1 Å². The van der Waals surface area contributed by atoms with Crippen LogP contribution in [0.5, 0.6) is 0 Å². The van der Waals surface area contributed by atoms with Crippen LogP contribution in [0.1, 0.15) is 30.3 Å². The van der Waals surface area contributed by atoms with E-state index in [0.29, 0.717) is 24.2 Å². The molecule has 8 heteroatoms. The van der Waals surface area contributed by atoms with Crippen LogP contribution in [-0.2, 0) is 16.1 Å². The Hall–Kier alpha value is -4.04. The second-order valence-corrected chi connectivity index (χ2v) is 10.0. The number of ether oxygens (including phenoxy) is 1. The summed E-state index contributed by atoms with van der Waals surface area (Å²) in [6, 6.07) is 22.7. The van der Waals surface area contributed by atoms with Crippen molar-refractivity contribution < 1.29 is 18.5 Å². The van der Waals surface area contributed by atoms with Gasteiger partial charge >= 0.3 is 5.97 Å². The van der Waals surface area contributed by atoms with Crippen LogP contribution >= 0.6 is 0 Å². The monoisotopic (exact) mass is 496 g/mol. The van der Waals surface area contributed by atoms with E-state index in [2.05, 4.69) is 20.4 Å². The smallest absolute Gasteiger partial charge is 0.333 e. The first-order valence-electron chi connectivity index (χ1n) is 12.8. The van der Waals surface area contributed by atoms with Gasteiger partial charge in [0, 0.05) is 42.4 Å². The summed E-state index contributed by atoms with van der Waals surface area (Å²) in [7, 11) is 0. The van der Waals surface area contributed by atoms with Crippen LogP contribution in [-0.4, -0.2) is 51.3 Å². The summed E-state index contributed by atoms with van der Waals surface area (Å²) in [4.78, 5) is 22.3. The number of carbonyl (C=O) groups excluding carboxylic acids is 1. The molecule has 2 atom stereocenters. The second kappa shape index (κ2) is 10.1. The van der Waals surface area contributed by atoms with Gasteiger partial charge < -0.3 is 19.1 Å². The Morgan fingerprint density at radius 3 is 2.43 bits per heavy atom. The van der Waals surface area contributed by atoms with Crippen molar-refractivity contribution in [2.45, 2.75) is 31.5 Å². The van der Waals surface area contributed by atoms with E-state index >= 15 is 0 Å². The summed E-state index contributed by atoms with van der Waals surface area (Å²) in [6.45, 7) is 3.49. The zero-order valence-electron chi connectivity index (χ0n) is 20.6. The van der Waals surface area contributed by atoms with Gasteiger partial charge in [0.1, 0.15) is 13.1 Å². The number of nitrogens with zero attached hydrogens (tertiary/aromatic N) is 4. The molecule has 3 aliphatic rings. The van der Waals surface area contributed by atoms with Gasteiger partial charge in [-0.25, -0.2) is 4.79 Å². The van der Waals surface area contributed by atoms with Crippen LogP contribution in [0.2, 0.25) is 0 Å². The third-order valence-corrected chi connectivity index (χ3v) is 7.63. The van der Waals surface area contributed by atoms with E-state index in [-0.39, 0.29) is 12.1 Å². The molecule has 0 unspecified atom stereocenters. The fourth-order valence-electron chi connectivity index (χ4n) is 5.65. The molecule has 0 spiro atoms. The Morgan fingerprint density at radius 2 is 1.70 bits per heavy atom. The van der Waals surface area contributed by atoms with Gasteiger partial charge in [0.25, 0.3) is 5.89 Å². The van der Waals surface area contributed by atoms with E-state index in [0.717, 1.165) is 53.8 Å². The number of hydrogen-bond acceptors (Lipinski definition) is 7. The maximum absolute atomic E-state index is 13.6. The quantitative estimate of drug-likeness (QED) is 0.281. The lowest BCUT2D eigenvalue weighted by molar-refractivity contribution is -0.958. The normalized spacial score (nSPS) is 23.4. The molecule has 3 fully saturated rings. The number of nitrogens with one attached hydrogen (secondary N) is 1. The van der Waals surface area contributed by atoms with E-state index in [4.69, 9.17) is 9.26 Å². The Kier molecular flexibility index (Phi) is 6.40. The number of benzene rings is 2. The molecule has 37 heavy (non-hydrogen) atoms. The highest BCUT2D eigenvalue weighted by Crippen LogP contribution is 2.37. The van der Waals surface area contributed by atoms with Crippen molar-refractivity contribution in [3.8, 4) is 11.5 Å². The Labute approximate surface area is 215 Å². The lowest BCUT2D eigenvalue weighted by Gasteiger charge is -2.51. The fourth-order valence-corrected chi connectivity index (χ4v) is 5.65. The number of para-hydroxylation sites is 1. The molecule has 1 N–H and O–H groups in total. The van der Waals surface area contributed by atoms with Crippen LogP contribution in [0.15, 0.2) is 89.7 Å². The van der Waals surface area contributed by atoms with Crippen molar-refractivity contribution in [3.05, 3.63) is 96.6 Å². The fraction of sp³-hybridized carbons (Fsp3) is 0.310. The van der Waals surface area contributed by atoms with Gasteiger partial charge in [-0.15, -0.1) is 0 Å².